The maximum Gasteiger partial charge on any atom is 0.201 e. The maximum atomic E-state index is 6.10. The first kappa shape index (κ1) is 14.3. The Morgan fingerprint density at radius 3 is 2.81 bits per heavy atom. The number of aromatic nitrogens is 2. The van der Waals surface area contributed by atoms with E-state index in [2.05, 4.69) is 11.9 Å². The predicted octanol–water partition coefficient (Wildman–Crippen LogP) is 4.71. The maximum absolute atomic E-state index is 6.10. The van der Waals surface area contributed by atoms with Crippen LogP contribution in [0.15, 0.2) is 34.9 Å². The number of nitrogens with zero attached hydrogens (tertiary/aromatic N) is 2. The van der Waals surface area contributed by atoms with Crippen LogP contribution in [-0.2, 0) is 6.42 Å². The largest absolute Gasteiger partial charge is 0.469 e. The van der Waals surface area contributed by atoms with Crippen molar-refractivity contribution in [3.05, 3.63) is 46.3 Å². The van der Waals surface area contributed by atoms with Gasteiger partial charge in [-0.1, -0.05) is 23.2 Å². The summed E-state index contributed by atoms with van der Waals surface area (Å²) in [5.74, 6) is 1.43. The highest BCUT2D eigenvalue weighted by Crippen LogP contribution is 2.31. The first-order valence-electron chi connectivity index (χ1n) is 6.71. The van der Waals surface area contributed by atoms with Crippen LogP contribution < -0.4 is 5.73 Å². The number of rotatable bonds is 4. The summed E-state index contributed by atoms with van der Waals surface area (Å²) in [4.78, 5) is 4.36. The van der Waals surface area contributed by atoms with E-state index in [1.54, 1.807) is 12.3 Å². The van der Waals surface area contributed by atoms with Crippen molar-refractivity contribution in [2.75, 3.05) is 5.73 Å². The van der Waals surface area contributed by atoms with Gasteiger partial charge >= 0.3 is 0 Å². The monoisotopic (exact) mass is 323 g/mol. The zero-order chi connectivity index (χ0) is 15.0. The molecule has 1 atom stereocenters. The smallest absolute Gasteiger partial charge is 0.201 e. The summed E-state index contributed by atoms with van der Waals surface area (Å²) in [5, 5.41) is 0.987. The number of benzene rings is 1. The van der Waals surface area contributed by atoms with Gasteiger partial charge in [0.05, 0.1) is 27.3 Å². The molecule has 0 aliphatic carbocycles. The lowest BCUT2D eigenvalue weighted by molar-refractivity contribution is 0.460. The van der Waals surface area contributed by atoms with Gasteiger partial charge in [-0.2, -0.15) is 0 Å². The van der Waals surface area contributed by atoms with Crippen molar-refractivity contribution in [1.29, 1.82) is 0 Å². The Labute approximate surface area is 132 Å². The van der Waals surface area contributed by atoms with Crippen molar-refractivity contribution >= 4 is 40.2 Å². The highest BCUT2D eigenvalue weighted by molar-refractivity contribution is 6.42. The number of anilines is 1. The summed E-state index contributed by atoms with van der Waals surface area (Å²) < 4.78 is 7.35. The molecule has 2 N–H and O–H groups in total. The number of aryl methyl sites for hydroxylation is 1. The van der Waals surface area contributed by atoms with E-state index in [9.17, 15) is 0 Å². The molecule has 0 aliphatic rings. The van der Waals surface area contributed by atoms with Crippen LogP contribution in [-0.4, -0.2) is 9.55 Å². The van der Waals surface area contributed by atoms with E-state index in [-0.39, 0.29) is 6.04 Å². The van der Waals surface area contributed by atoms with Crippen molar-refractivity contribution in [3.63, 3.8) is 0 Å². The van der Waals surface area contributed by atoms with Crippen molar-refractivity contribution in [3.8, 4) is 0 Å². The number of hydrogen-bond donors (Lipinski definition) is 1. The van der Waals surface area contributed by atoms with Crippen molar-refractivity contribution in [1.82, 2.24) is 9.55 Å². The zero-order valence-electron chi connectivity index (χ0n) is 11.5. The molecule has 3 aromatic rings. The fourth-order valence-electron chi connectivity index (χ4n) is 2.51. The third-order valence-electron chi connectivity index (χ3n) is 3.59. The molecule has 6 heteroatoms. The lowest BCUT2D eigenvalue weighted by Gasteiger charge is -2.15. The fraction of sp³-hybridized carbons (Fsp3) is 0.267. The first-order chi connectivity index (χ1) is 10.1. The van der Waals surface area contributed by atoms with Crippen LogP contribution in [0, 0.1) is 0 Å². The average molecular weight is 324 g/mol. The van der Waals surface area contributed by atoms with Gasteiger partial charge in [-0.25, -0.2) is 4.98 Å². The topological polar surface area (TPSA) is 57.0 Å². The van der Waals surface area contributed by atoms with Gasteiger partial charge in [0.15, 0.2) is 0 Å². The summed E-state index contributed by atoms with van der Waals surface area (Å²) in [6, 6.07) is 7.59. The molecule has 1 unspecified atom stereocenters. The molecule has 0 saturated heterocycles. The van der Waals surface area contributed by atoms with Gasteiger partial charge in [0.2, 0.25) is 5.95 Å². The van der Waals surface area contributed by atoms with Gasteiger partial charge in [-0.05, 0) is 37.6 Å². The molecular formula is C15H15Cl2N3O. The SMILES string of the molecule is CC(CCc1ccco1)n1c(N)nc2cc(Cl)c(Cl)cc21. The van der Waals surface area contributed by atoms with Gasteiger partial charge < -0.3 is 14.7 Å². The second kappa shape index (κ2) is 5.62. The number of fused-ring (bicyclic) bond motifs is 1. The molecule has 0 fully saturated rings. The van der Waals surface area contributed by atoms with Gasteiger partial charge in [0.25, 0.3) is 0 Å². The van der Waals surface area contributed by atoms with Gasteiger partial charge in [-0.3, -0.25) is 0 Å². The number of nitrogen functional groups attached to an aromatic ring is 1. The molecule has 21 heavy (non-hydrogen) atoms. The third kappa shape index (κ3) is 2.74. The van der Waals surface area contributed by atoms with Gasteiger partial charge in [0.1, 0.15) is 5.76 Å². The molecule has 4 nitrogen and oxygen atoms in total. The van der Waals surface area contributed by atoms with E-state index >= 15 is 0 Å². The quantitative estimate of drug-likeness (QED) is 0.756. The van der Waals surface area contributed by atoms with E-state index in [1.165, 1.54) is 0 Å². The van der Waals surface area contributed by atoms with Gasteiger partial charge in [0, 0.05) is 12.5 Å². The Kier molecular flexibility index (Phi) is 3.83. The Balaban J connectivity index is 1.91. The molecular weight excluding hydrogens is 309 g/mol. The van der Waals surface area contributed by atoms with E-state index in [4.69, 9.17) is 33.4 Å². The second-order valence-electron chi connectivity index (χ2n) is 5.06. The second-order valence-corrected chi connectivity index (χ2v) is 5.88. The van der Waals surface area contributed by atoms with Gasteiger partial charge in [-0.15, -0.1) is 0 Å². The third-order valence-corrected chi connectivity index (χ3v) is 4.31. The molecule has 0 aliphatic heterocycles. The lowest BCUT2D eigenvalue weighted by atomic mass is 10.1. The molecule has 3 rings (SSSR count). The minimum Gasteiger partial charge on any atom is -0.469 e. The summed E-state index contributed by atoms with van der Waals surface area (Å²) in [6.45, 7) is 2.10. The average Bonchev–Trinajstić information content (AvgIpc) is 3.04. The highest BCUT2D eigenvalue weighted by Gasteiger charge is 2.16. The first-order valence-corrected chi connectivity index (χ1v) is 7.46. The minimum atomic E-state index is 0.178. The normalized spacial score (nSPS) is 12.9. The minimum absolute atomic E-state index is 0.178. The number of halogens is 2. The number of nitrogens with two attached hydrogens (primary N) is 1. The van der Waals surface area contributed by atoms with Crippen molar-refractivity contribution in [2.24, 2.45) is 0 Å². The Morgan fingerprint density at radius 2 is 2.10 bits per heavy atom. The van der Waals surface area contributed by atoms with E-state index in [0.29, 0.717) is 16.0 Å². The van der Waals surface area contributed by atoms with Crippen LogP contribution in [0.5, 0.6) is 0 Å². The Morgan fingerprint density at radius 1 is 1.33 bits per heavy atom. The van der Waals surface area contributed by atoms with Crippen LogP contribution in [0.3, 0.4) is 0 Å². The van der Waals surface area contributed by atoms with Crippen molar-refractivity contribution in [2.45, 2.75) is 25.8 Å². The standard InChI is InChI=1S/C15H15Cl2N3O/c1-9(4-5-10-3-2-6-21-10)20-14-8-12(17)11(16)7-13(14)19-15(20)18/h2-3,6-9H,4-5H2,1H3,(H2,18,19). The van der Waals surface area contributed by atoms with E-state index < -0.39 is 0 Å². The molecule has 0 amide bonds. The number of hydrogen-bond acceptors (Lipinski definition) is 3. The number of furan rings is 1. The van der Waals surface area contributed by atoms with E-state index in [0.717, 1.165) is 29.6 Å². The summed E-state index contributed by atoms with van der Waals surface area (Å²) in [5.41, 5.74) is 7.70. The Hall–Kier alpha value is -1.65. The highest BCUT2D eigenvalue weighted by atomic mass is 35.5. The molecule has 0 saturated carbocycles. The lowest BCUT2D eigenvalue weighted by Crippen LogP contribution is -2.09. The predicted molar refractivity (Wildman–Crippen MR) is 85.9 cm³/mol. The van der Waals surface area contributed by atoms with E-state index in [1.807, 2.05) is 22.8 Å². The van der Waals surface area contributed by atoms with Crippen LogP contribution in [0.25, 0.3) is 11.0 Å². The van der Waals surface area contributed by atoms with Crippen LogP contribution >= 0.6 is 23.2 Å². The zero-order valence-corrected chi connectivity index (χ0v) is 13.0. The molecule has 2 aromatic heterocycles. The molecule has 0 spiro atoms. The summed E-state index contributed by atoms with van der Waals surface area (Å²) >= 11 is 12.1. The molecule has 0 bridgehead atoms. The Bertz CT molecular complexity index is 765. The molecule has 1 aromatic carbocycles. The van der Waals surface area contributed by atoms with Crippen LogP contribution in [0.2, 0.25) is 10.0 Å². The number of imidazole rings is 1. The molecule has 2 heterocycles. The molecule has 110 valence electrons. The molecule has 0 radical (unpaired) electrons. The fourth-order valence-corrected chi connectivity index (χ4v) is 2.82. The van der Waals surface area contributed by atoms with Crippen LogP contribution in [0.4, 0.5) is 5.95 Å². The van der Waals surface area contributed by atoms with Crippen molar-refractivity contribution < 1.29 is 4.42 Å². The summed E-state index contributed by atoms with van der Waals surface area (Å²) in [7, 11) is 0. The van der Waals surface area contributed by atoms with Crippen LogP contribution in [0.1, 0.15) is 25.1 Å². The summed E-state index contributed by atoms with van der Waals surface area (Å²) in [6.07, 6.45) is 3.42.